The number of amides is 2. The number of nitrogens with one attached hydrogen (secondary N) is 1. The molecule has 1 aliphatic heterocycles. The van der Waals surface area contributed by atoms with Crippen molar-refractivity contribution in [3.05, 3.63) is 23.8 Å². The lowest BCUT2D eigenvalue weighted by Gasteiger charge is -2.34. The SMILES string of the molecule is CCCCCCC(C)(CCCC(N)=O)Oc1cccc2c1CN(CC(=O)NC(C)C)C(N)=N2. The molecule has 1 aromatic carbocycles. The molecule has 0 fully saturated rings. The quantitative estimate of drug-likeness (QED) is 0.366. The zero-order valence-corrected chi connectivity index (χ0v) is 20.7. The van der Waals surface area contributed by atoms with Gasteiger partial charge >= 0.3 is 0 Å². The number of nitrogens with zero attached hydrogens (tertiary/aromatic N) is 2. The van der Waals surface area contributed by atoms with Crippen LogP contribution in [0.3, 0.4) is 0 Å². The molecule has 184 valence electrons. The second-order valence-corrected chi connectivity index (χ2v) is 9.48. The lowest BCUT2D eigenvalue weighted by atomic mass is 9.91. The smallest absolute Gasteiger partial charge is 0.239 e. The molecule has 1 heterocycles. The van der Waals surface area contributed by atoms with Crippen LogP contribution in [0.5, 0.6) is 5.75 Å². The van der Waals surface area contributed by atoms with Crippen LogP contribution >= 0.6 is 0 Å². The van der Waals surface area contributed by atoms with Crippen molar-refractivity contribution in [2.24, 2.45) is 16.5 Å². The first kappa shape index (κ1) is 26.5. The topological polar surface area (TPSA) is 123 Å². The van der Waals surface area contributed by atoms with Crippen LogP contribution in [-0.4, -0.2) is 40.9 Å². The highest BCUT2D eigenvalue weighted by molar-refractivity contribution is 5.89. The Kier molecular flexibility index (Phi) is 10.0. The largest absolute Gasteiger partial charge is 0.487 e. The molecule has 0 bridgehead atoms. The number of guanidine groups is 1. The van der Waals surface area contributed by atoms with Gasteiger partial charge in [0.05, 0.1) is 12.2 Å². The van der Waals surface area contributed by atoms with Gasteiger partial charge in [0.2, 0.25) is 11.8 Å². The van der Waals surface area contributed by atoms with Gasteiger partial charge in [0.15, 0.2) is 5.96 Å². The normalized spacial score (nSPS) is 14.9. The summed E-state index contributed by atoms with van der Waals surface area (Å²) in [5, 5.41) is 2.89. The third-order valence-corrected chi connectivity index (χ3v) is 5.84. The molecule has 0 aromatic heterocycles. The minimum Gasteiger partial charge on any atom is -0.487 e. The average molecular weight is 460 g/mol. The Morgan fingerprint density at radius 2 is 1.94 bits per heavy atom. The Bertz CT molecular complexity index is 839. The van der Waals surface area contributed by atoms with Gasteiger partial charge in [0.1, 0.15) is 17.9 Å². The first-order chi connectivity index (χ1) is 15.6. The van der Waals surface area contributed by atoms with Crippen LogP contribution in [0.15, 0.2) is 23.2 Å². The molecule has 0 spiro atoms. The summed E-state index contributed by atoms with van der Waals surface area (Å²) in [6.45, 7) is 8.72. The molecular weight excluding hydrogens is 418 g/mol. The number of hydrogen-bond donors (Lipinski definition) is 3. The molecule has 0 saturated carbocycles. The molecule has 1 unspecified atom stereocenters. The molecule has 1 aliphatic rings. The van der Waals surface area contributed by atoms with Crippen molar-refractivity contribution in [1.82, 2.24) is 10.2 Å². The molecule has 1 atom stereocenters. The number of benzene rings is 1. The van der Waals surface area contributed by atoms with Crippen LogP contribution < -0.4 is 21.5 Å². The van der Waals surface area contributed by atoms with E-state index in [4.69, 9.17) is 16.2 Å². The standard InChI is InChI=1S/C25H41N5O3/c1-5-6-7-8-14-25(4,15-10-13-22(26)31)33-21-12-9-11-20-19(21)16-30(24(27)29-20)17-23(32)28-18(2)3/h9,11-12,18H,5-8,10,13-17H2,1-4H3,(H2,26,31)(H2,27,29)(H,28,32). The summed E-state index contributed by atoms with van der Waals surface area (Å²) in [6, 6.07) is 5.82. The number of primary amides is 1. The maximum atomic E-state index is 12.3. The highest BCUT2D eigenvalue weighted by Gasteiger charge is 2.29. The minimum atomic E-state index is -0.426. The maximum Gasteiger partial charge on any atom is 0.239 e. The van der Waals surface area contributed by atoms with E-state index in [1.54, 1.807) is 4.90 Å². The Balaban J connectivity index is 2.20. The Labute approximate surface area is 198 Å². The molecule has 0 radical (unpaired) electrons. The summed E-state index contributed by atoms with van der Waals surface area (Å²) in [6.07, 6.45) is 7.23. The van der Waals surface area contributed by atoms with Gasteiger partial charge in [0.25, 0.3) is 0 Å². The summed E-state index contributed by atoms with van der Waals surface area (Å²) in [5.74, 6) is 0.676. The van der Waals surface area contributed by atoms with Crippen LogP contribution in [0, 0.1) is 0 Å². The van der Waals surface area contributed by atoms with Crippen LogP contribution in [0.1, 0.15) is 84.6 Å². The zero-order valence-electron chi connectivity index (χ0n) is 20.7. The van der Waals surface area contributed by atoms with Crippen LogP contribution in [-0.2, 0) is 16.1 Å². The van der Waals surface area contributed by atoms with E-state index in [9.17, 15) is 9.59 Å². The van der Waals surface area contributed by atoms with E-state index < -0.39 is 5.60 Å². The highest BCUT2D eigenvalue weighted by Crippen LogP contribution is 2.37. The number of aliphatic imine (C=N–C) groups is 1. The molecule has 2 amide bonds. The van der Waals surface area contributed by atoms with E-state index >= 15 is 0 Å². The van der Waals surface area contributed by atoms with Crippen molar-refractivity contribution in [3.63, 3.8) is 0 Å². The third kappa shape index (κ3) is 8.59. The number of hydrogen-bond acceptors (Lipinski definition) is 6. The number of fused-ring (bicyclic) bond motifs is 1. The Hall–Kier alpha value is -2.77. The predicted octanol–water partition coefficient (Wildman–Crippen LogP) is 3.74. The van der Waals surface area contributed by atoms with Crippen molar-refractivity contribution >= 4 is 23.5 Å². The van der Waals surface area contributed by atoms with Gasteiger partial charge in [0, 0.05) is 18.0 Å². The van der Waals surface area contributed by atoms with Crippen LogP contribution in [0.4, 0.5) is 5.69 Å². The lowest BCUT2D eigenvalue weighted by Crippen LogP contribution is -2.46. The van der Waals surface area contributed by atoms with Gasteiger partial charge in [-0.25, -0.2) is 4.99 Å². The summed E-state index contributed by atoms with van der Waals surface area (Å²) in [5.41, 5.74) is 12.8. The average Bonchev–Trinajstić information content (AvgIpc) is 2.71. The highest BCUT2D eigenvalue weighted by atomic mass is 16.5. The summed E-state index contributed by atoms with van der Waals surface area (Å²) in [7, 11) is 0. The molecule has 1 aromatic rings. The zero-order chi connectivity index (χ0) is 24.4. The molecule has 0 saturated heterocycles. The van der Waals surface area contributed by atoms with Crippen LogP contribution in [0.2, 0.25) is 0 Å². The third-order valence-electron chi connectivity index (χ3n) is 5.84. The van der Waals surface area contributed by atoms with Gasteiger partial charge in [-0.2, -0.15) is 0 Å². The van der Waals surface area contributed by atoms with Gasteiger partial charge in [-0.1, -0.05) is 32.3 Å². The van der Waals surface area contributed by atoms with E-state index in [0.29, 0.717) is 25.3 Å². The van der Waals surface area contributed by atoms with Gasteiger partial charge in [-0.05, 0) is 58.6 Å². The number of carbonyl (C=O) groups excluding carboxylic acids is 2. The molecule has 5 N–H and O–H groups in total. The number of rotatable bonds is 14. The fourth-order valence-corrected chi connectivity index (χ4v) is 4.11. The number of unbranched alkanes of at least 4 members (excludes halogenated alkanes) is 3. The van der Waals surface area contributed by atoms with E-state index in [2.05, 4.69) is 24.2 Å². The van der Waals surface area contributed by atoms with Gasteiger partial charge in [-0.15, -0.1) is 0 Å². The summed E-state index contributed by atoms with van der Waals surface area (Å²) >= 11 is 0. The van der Waals surface area contributed by atoms with Gasteiger partial charge in [-0.3, -0.25) is 9.59 Å². The number of ether oxygens (including phenoxy) is 1. The van der Waals surface area contributed by atoms with Crippen molar-refractivity contribution in [2.45, 2.75) is 97.2 Å². The van der Waals surface area contributed by atoms with E-state index in [0.717, 1.165) is 42.7 Å². The second-order valence-electron chi connectivity index (χ2n) is 9.48. The molecule has 8 heteroatoms. The van der Waals surface area contributed by atoms with E-state index in [1.165, 1.54) is 12.8 Å². The van der Waals surface area contributed by atoms with Gasteiger partial charge < -0.3 is 26.4 Å². The van der Waals surface area contributed by atoms with Crippen molar-refractivity contribution < 1.29 is 14.3 Å². The second kappa shape index (κ2) is 12.5. The molecule has 33 heavy (non-hydrogen) atoms. The minimum absolute atomic E-state index is 0.0560. The van der Waals surface area contributed by atoms with E-state index in [1.807, 2.05) is 32.0 Å². The molecular formula is C25H41N5O3. The molecule has 0 aliphatic carbocycles. The monoisotopic (exact) mass is 459 g/mol. The predicted molar refractivity (Wildman–Crippen MR) is 132 cm³/mol. The van der Waals surface area contributed by atoms with Crippen molar-refractivity contribution in [2.75, 3.05) is 6.54 Å². The number of nitrogens with two attached hydrogens (primary N) is 2. The van der Waals surface area contributed by atoms with Crippen molar-refractivity contribution in [3.8, 4) is 5.75 Å². The fraction of sp³-hybridized carbons (Fsp3) is 0.640. The summed E-state index contributed by atoms with van der Waals surface area (Å²) in [4.78, 5) is 29.9. The fourth-order valence-electron chi connectivity index (χ4n) is 4.11. The Morgan fingerprint density at radius 3 is 2.61 bits per heavy atom. The first-order valence-corrected chi connectivity index (χ1v) is 12.1. The maximum absolute atomic E-state index is 12.3. The summed E-state index contributed by atoms with van der Waals surface area (Å²) < 4.78 is 6.63. The molecule has 2 rings (SSSR count). The van der Waals surface area contributed by atoms with Crippen LogP contribution in [0.25, 0.3) is 0 Å². The first-order valence-electron chi connectivity index (χ1n) is 12.1. The molecule has 8 nitrogen and oxygen atoms in total. The Morgan fingerprint density at radius 1 is 1.21 bits per heavy atom. The number of carbonyl (C=O) groups is 2. The van der Waals surface area contributed by atoms with Crippen molar-refractivity contribution in [1.29, 1.82) is 0 Å². The lowest BCUT2D eigenvalue weighted by molar-refractivity contribution is -0.122. The van der Waals surface area contributed by atoms with E-state index in [-0.39, 0.29) is 24.4 Å².